The molecular formula is C14H19BrO3. The minimum atomic E-state index is -0.764. The average Bonchev–Trinajstić information content (AvgIpc) is 2.35. The number of carboxylic acid groups (broad SMARTS) is 1. The molecule has 0 fully saturated rings. The summed E-state index contributed by atoms with van der Waals surface area (Å²) in [6, 6.07) is 7.46. The molecule has 0 spiro atoms. The summed E-state index contributed by atoms with van der Waals surface area (Å²) in [5.41, 5.74) is 0.854. The number of halogens is 1. The van der Waals surface area contributed by atoms with Crippen LogP contribution in [0.3, 0.4) is 0 Å². The van der Waals surface area contributed by atoms with Crippen molar-refractivity contribution in [2.24, 2.45) is 0 Å². The van der Waals surface area contributed by atoms with Crippen LogP contribution < -0.4 is 0 Å². The normalized spacial score (nSPS) is 12.3. The van der Waals surface area contributed by atoms with Crippen molar-refractivity contribution >= 4 is 21.9 Å². The summed E-state index contributed by atoms with van der Waals surface area (Å²) in [6.45, 7) is 0.217. The Hall–Kier alpha value is -0.870. The van der Waals surface area contributed by atoms with Crippen LogP contribution in [0, 0.1) is 0 Å². The third-order valence-electron chi connectivity index (χ3n) is 2.97. The van der Waals surface area contributed by atoms with Crippen LogP contribution in [0.15, 0.2) is 28.7 Å². The number of hydrogen-bond donors (Lipinski definition) is 2. The Balaban J connectivity index is 2.50. The molecule has 2 N–H and O–H groups in total. The van der Waals surface area contributed by atoms with Crippen molar-refractivity contribution in [2.45, 2.75) is 38.0 Å². The second kappa shape index (κ2) is 8.27. The number of benzene rings is 1. The van der Waals surface area contributed by atoms with Gasteiger partial charge in [-0.15, -0.1) is 0 Å². The number of aliphatic hydroxyl groups is 1. The van der Waals surface area contributed by atoms with Crippen molar-refractivity contribution in [1.82, 2.24) is 0 Å². The molecule has 4 heteroatoms. The molecule has 0 aromatic heterocycles. The Kier molecular flexibility index (Phi) is 6.98. The first-order valence-corrected chi connectivity index (χ1v) is 7.03. The predicted octanol–water partition coefficient (Wildman–Crippen LogP) is 3.56. The van der Waals surface area contributed by atoms with E-state index in [4.69, 9.17) is 5.11 Å². The Bertz CT molecular complexity index is 362. The first kappa shape index (κ1) is 15.2. The molecule has 0 amide bonds. The third-order valence-corrected chi connectivity index (χ3v) is 3.50. The molecule has 3 nitrogen and oxygen atoms in total. The van der Waals surface area contributed by atoms with Crippen LogP contribution in [0.1, 0.15) is 43.6 Å². The van der Waals surface area contributed by atoms with E-state index >= 15 is 0 Å². The molecule has 1 aromatic rings. The van der Waals surface area contributed by atoms with Crippen LogP contribution in [0.5, 0.6) is 0 Å². The van der Waals surface area contributed by atoms with Crippen LogP contribution in [-0.2, 0) is 4.79 Å². The Labute approximate surface area is 116 Å². The van der Waals surface area contributed by atoms with Crippen molar-refractivity contribution in [1.29, 1.82) is 0 Å². The van der Waals surface area contributed by atoms with Crippen LogP contribution in [0.2, 0.25) is 0 Å². The smallest absolute Gasteiger partial charge is 0.310 e. The van der Waals surface area contributed by atoms with E-state index in [0.29, 0.717) is 6.42 Å². The Morgan fingerprint density at radius 3 is 2.28 bits per heavy atom. The zero-order valence-corrected chi connectivity index (χ0v) is 11.9. The van der Waals surface area contributed by atoms with E-state index in [1.54, 1.807) is 0 Å². The molecule has 100 valence electrons. The minimum Gasteiger partial charge on any atom is -0.481 e. The standard InChI is InChI=1S/C14H19BrO3/c15-12-8-6-11(7-9-12)13(14(17)18)5-3-1-2-4-10-16/h6-9,13,16H,1-5,10H2,(H,17,18). The van der Waals surface area contributed by atoms with Crippen molar-refractivity contribution < 1.29 is 15.0 Å². The number of aliphatic hydroxyl groups excluding tert-OH is 1. The number of rotatable bonds is 8. The van der Waals surface area contributed by atoms with Gasteiger partial charge in [0.15, 0.2) is 0 Å². The van der Waals surface area contributed by atoms with Crippen LogP contribution in [0.25, 0.3) is 0 Å². The zero-order chi connectivity index (χ0) is 13.4. The molecule has 0 heterocycles. The fourth-order valence-electron chi connectivity index (χ4n) is 1.94. The molecule has 1 rings (SSSR count). The quantitative estimate of drug-likeness (QED) is 0.721. The number of unbranched alkanes of at least 4 members (excludes halogenated alkanes) is 3. The van der Waals surface area contributed by atoms with Gasteiger partial charge in [-0.3, -0.25) is 4.79 Å². The van der Waals surface area contributed by atoms with E-state index in [1.807, 2.05) is 24.3 Å². The molecule has 18 heavy (non-hydrogen) atoms. The van der Waals surface area contributed by atoms with E-state index in [0.717, 1.165) is 35.7 Å². The predicted molar refractivity (Wildman–Crippen MR) is 74.7 cm³/mol. The monoisotopic (exact) mass is 314 g/mol. The van der Waals surface area contributed by atoms with Gasteiger partial charge >= 0.3 is 5.97 Å². The minimum absolute atomic E-state index is 0.217. The van der Waals surface area contributed by atoms with Gasteiger partial charge in [0.25, 0.3) is 0 Å². The number of hydrogen-bond acceptors (Lipinski definition) is 2. The molecule has 0 aliphatic carbocycles. The van der Waals surface area contributed by atoms with Crippen molar-refractivity contribution in [3.05, 3.63) is 34.3 Å². The summed E-state index contributed by atoms with van der Waals surface area (Å²) in [5.74, 6) is -1.19. The highest BCUT2D eigenvalue weighted by atomic mass is 79.9. The van der Waals surface area contributed by atoms with Gasteiger partial charge in [-0.2, -0.15) is 0 Å². The molecule has 1 atom stereocenters. The lowest BCUT2D eigenvalue weighted by molar-refractivity contribution is -0.139. The fourth-order valence-corrected chi connectivity index (χ4v) is 2.21. The molecule has 0 aliphatic rings. The fraction of sp³-hybridized carbons (Fsp3) is 0.500. The molecule has 0 radical (unpaired) electrons. The van der Waals surface area contributed by atoms with Gasteiger partial charge in [0.2, 0.25) is 0 Å². The van der Waals surface area contributed by atoms with Gasteiger partial charge in [0.1, 0.15) is 0 Å². The summed E-state index contributed by atoms with van der Waals surface area (Å²) < 4.78 is 0.957. The highest BCUT2D eigenvalue weighted by molar-refractivity contribution is 9.10. The van der Waals surface area contributed by atoms with E-state index in [-0.39, 0.29) is 6.61 Å². The van der Waals surface area contributed by atoms with E-state index in [9.17, 15) is 9.90 Å². The SMILES string of the molecule is O=C(O)C(CCCCCCO)c1ccc(Br)cc1. The molecular weight excluding hydrogens is 296 g/mol. The largest absolute Gasteiger partial charge is 0.481 e. The van der Waals surface area contributed by atoms with E-state index in [2.05, 4.69) is 15.9 Å². The van der Waals surface area contributed by atoms with Crippen molar-refractivity contribution in [3.8, 4) is 0 Å². The summed E-state index contributed by atoms with van der Waals surface area (Å²) in [5, 5.41) is 17.9. The van der Waals surface area contributed by atoms with Gasteiger partial charge in [-0.25, -0.2) is 0 Å². The highest BCUT2D eigenvalue weighted by Gasteiger charge is 2.18. The van der Waals surface area contributed by atoms with Crippen LogP contribution in [-0.4, -0.2) is 22.8 Å². The van der Waals surface area contributed by atoms with Gasteiger partial charge < -0.3 is 10.2 Å². The topological polar surface area (TPSA) is 57.5 Å². The molecule has 0 saturated heterocycles. The van der Waals surface area contributed by atoms with Crippen LogP contribution in [0.4, 0.5) is 0 Å². The summed E-state index contributed by atoms with van der Waals surface area (Å²) in [6.07, 6.45) is 4.27. The van der Waals surface area contributed by atoms with Gasteiger partial charge in [0, 0.05) is 11.1 Å². The highest BCUT2D eigenvalue weighted by Crippen LogP contribution is 2.24. The maximum absolute atomic E-state index is 11.3. The third kappa shape index (κ3) is 5.19. The average molecular weight is 315 g/mol. The molecule has 0 aliphatic heterocycles. The van der Waals surface area contributed by atoms with Crippen LogP contribution >= 0.6 is 15.9 Å². The second-order valence-electron chi connectivity index (χ2n) is 4.37. The molecule has 0 saturated carbocycles. The van der Waals surface area contributed by atoms with E-state index < -0.39 is 11.9 Å². The Morgan fingerprint density at radius 1 is 1.11 bits per heavy atom. The second-order valence-corrected chi connectivity index (χ2v) is 5.28. The summed E-state index contributed by atoms with van der Waals surface area (Å²) >= 11 is 3.34. The first-order valence-electron chi connectivity index (χ1n) is 6.24. The lowest BCUT2D eigenvalue weighted by Gasteiger charge is -2.12. The lowest BCUT2D eigenvalue weighted by Crippen LogP contribution is -2.11. The van der Waals surface area contributed by atoms with Gasteiger partial charge in [-0.1, -0.05) is 47.3 Å². The van der Waals surface area contributed by atoms with Gasteiger partial charge in [0.05, 0.1) is 5.92 Å². The number of carboxylic acids is 1. The van der Waals surface area contributed by atoms with Gasteiger partial charge in [-0.05, 0) is 30.5 Å². The number of aliphatic carboxylic acids is 1. The molecule has 1 unspecified atom stereocenters. The molecule has 1 aromatic carbocycles. The first-order chi connectivity index (χ1) is 8.65. The van der Waals surface area contributed by atoms with E-state index in [1.165, 1.54) is 0 Å². The summed E-state index contributed by atoms with van der Waals surface area (Å²) in [7, 11) is 0. The Morgan fingerprint density at radius 2 is 1.72 bits per heavy atom. The number of carbonyl (C=O) groups is 1. The zero-order valence-electron chi connectivity index (χ0n) is 10.3. The van der Waals surface area contributed by atoms with Crippen molar-refractivity contribution in [3.63, 3.8) is 0 Å². The maximum Gasteiger partial charge on any atom is 0.310 e. The summed E-state index contributed by atoms with van der Waals surface area (Å²) in [4.78, 5) is 11.3. The van der Waals surface area contributed by atoms with Crippen molar-refractivity contribution in [2.75, 3.05) is 6.61 Å². The lowest BCUT2D eigenvalue weighted by atomic mass is 9.93. The maximum atomic E-state index is 11.3. The molecule has 0 bridgehead atoms.